The van der Waals surface area contributed by atoms with E-state index < -0.39 is 11.7 Å². The summed E-state index contributed by atoms with van der Waals surface area (Å²) in [5, 5.41) is 8.34. The number of hydrogen-bond donors (Lipinski definition) is 2. The molecule has 2 aromatic carbocycles. The van der Waals surface area contributed by atoms with Crippen molar-refractivity contribution in [1.82, 2.24) is 19.7 Å². The van der Waals surface area contributed by atoms with Crippen molar-refractivity contribution in [1.29, 1.82) is 0 Å². The molecule has 6 nitrogen and oxygen atoms in total. The van der Waals surface area contributed by atoms with Gasteiger partial charge in [-0.1, -0.05) is 23.8 Å². The maximum Gasteiger partial charge on any atom is 0.416 e. The first-order valence-corrected chi connectivity index (χ1v) is 9.87. The summed E-state index contributed by atoms with van der Waals surface area (Å²) in [5.74, 6) is 0.729. The Balaban J connectivity index is 1.68. The van der Waals surface area contributed by atoms with E-state index in [-0.39, 0.29) is 5.82 Å². The summed E-state index contributed by atoms with van der Waals surface area (Å²) in [6.45, 7) is 1.99. The van der Waals surface area contributed by atoms with Gasteiger partial charge in [0.15, 0.2) is 5.65 Å². The molecule has 9 heteroatoms. The number of nitrogens with two attached hydrogens (primary N) is 1. The Hall–Kier alpha value is -3.62. The van der Waals surface area contributed by atoms with Gasteiger partial charge in [-0.15, -0.1) is 5.10 Å². The van der Waals surface area contributed by atoms with Crippen LogP contribution in [-0.4, -0.2) is 25.8 Å². The van der Waals surface area contributed by atoms with E-state index in [1.165, 1.54) is 16.8 Å². The van der Waals surface area contributed by atoms with Crippen molar-refractivity contribution in [2.45, 2.75) is 32.0 Å². The second-order valence-electron chi connectivity index (χ2n) is 7.72. The van der Waals surface area contributed by atoms with Gasteiger partial charge in [0.1, 0.15) is 5.82 Å². The van der Waals surface area contributed by atoms with Crippen molar-refractivity contribution in [3.05, 3.63) is 59.7 Å². The zero-order valence-electron chi connectivity index (χ0n) is 16.6. The smallest absolute Gasteiger partial charge is 0.383 e. The number of nitrogens with one attached hydrogen (secondary N) is 1. The van der Waals surface area contributed by atoms with Gasteiger partial charge in [0, 0.05) is 11.6 Å². The minimum Gasteiger partial charge on any atom is -0.383 e. The van der Waals surface area contributed by atoms with E-state index in [9.17, 15) is 13.2 Å². The minimum absolute atomic E-state index is 0.268. The van der Waals surface area contributed by atoms with Crippen LogP contribution in [0.3, 0.4) is 0 Å². The normalized spacial score (nSPS) is 14.2. The summed E-state index contributed by atoms with van der Waals surface area (Å²) < 4.78 is 40.2. The fourth-order valence-corrected chi connectivity index (χ4v) is 3.48. The van der Waals surface area contributed by atoms with E-state index >= 15 is 0 Å². The SMILES string of the molecule is Cc1cccc(-c2nc(NC3CC3)nc3nn(-c4ccc(C(F)(F)F)cc4)c(N)c23)c1. The molecule has 4 aromatic rings. The second-order valence-corrected chi connectivity index (χ2v) is 7.72. The molecule has 3 N–H and O–H groups in total. The Morgan fingerprint density at radius 3 is 2.45 bits per heavy atom. The Labute approximate surface area is 175 Å². The van der Waals surface area contributed by atoms with Crippen LogP contribution >= 0.6 is 0 Å². The summed E-state index contributed by atoms with van der Waals surface area (Å²) in [7, 11) is 0. The van der Waals surface area contributed by atoms with E-state index in [0.29, 0.717) is 34.4 Å². The molecule has 0 bridgehead atoms. The van der Waals surface area contributed by atoms with Crippen molar-refractivity contribution in [3.63, 3.8) is 0 Å². The highest BCUT2D eigenvalue weighted by Gasteiger charge is 2.30. The van der Waals surface area contributed by atoms with Crippen LogP contribution in [0.25, 0.3) is 28.0 Å². The van der Waals surface area contributed by atoms with Gasteiger partial charge in [-0.2, -0.15) is 18.2 Å². The molecule has 5 rings (SSSR count). The molecule has 2 heterocycles. The van der Waals surface area contributed by atoms with Crippen LogP contribution in [0, 0.1) is 6.92 Å². The lowest BCUT2D eigenvalue weighted by molar-refractivity contribution is -0.137. The van der Waals surface area contributed by atoms with Crippen LogP contribution in [0.4, 0.5) is 24.9 Å². The maximum atomic E-state index is 12.9. The number of anilines is 2. The van der Waals surface area contributed by atoms with Gasteiger partial charge >= 0.3 is 6.18 Å². The van der Waals surface area contributed by atoms with E-state index in [0.717, 1.165) is 36.1 Å². The van der Waals surface area contributed by atoms with E-state index in [1.54, 1.807) is 0 Å². The highest BCUT2D eigenvalue weighted by molar-refractivity contribution is 5.99. The first kappa shape index (κ1) is 19.3. The number of nitrogen functional groups attached to an aromatic ring is 1. The molecule has 1 aliphatic rings. The summed E-state index contributed by atoms with van der Waals surface area (Å²) in [6, 6.07) is 12.9. The van der Waals surface area contributed by atoms with Crippen LogP contribution in [0.5, 0.6) is 0 Å². The highest BCUT2D eigenvalue weighted by atomic mass is 19.4. The van der Waals surface area contributed by atoms with Crippen LogP contribution in [-0.2, 0) is 6.18 Å². The van der Waals surface area contributed by atoms with Gasteiger partial charge in [0.2, 0.25) is 5.95 Å². The van der Waals surface area contributed by atoms with Gasteiger partial charge in [-0.25, -0.2) is 9.67 Å². The monoisotopic (exact) mass is 424 g/mol. The van der Waals surface area contributed by atoms with E-state index in [2.05, 4.69) is 15.4 Å². The fourth-order valence-electron chi connectivity index (χ4n) is 3.48. The third kappa shape index (κ3) is 3.67. The molecule has 0 radical (unpaired) electrons. The average Bonchev–Trinajstić information content (AvgIpc) is 3.48. The van der Waals surface area contributed by atoms with Crippen molar-refractivity contribution >= 4 is 22.8 Å². The number of benzene rings is 2. The summed E-state index contributed by atoms with van der Waals surface area (Å²) in [5.41, 5.74) is 9.04. The first-order valence-electron chi connectivity index (χ1n) is 9.87. The third-order valence-corrected chi connectivity index (χ3v) is 5.21. The van der Waals surface area contributed by atoms with E-state index in [4.69, 9.17) is 10.7 Å². The molecule has 0 spiro atoms. The number of nitrogens with zero attached hydrogens (tertiary/aromatic N) is 4. The number of hydrogen-bond acceptors (Lipinski definition) is 5. The summed E-state index contributed by atoms with van der Waals surface area (Å²) >= 11 is 0. The predicted octanol–water partition coefficient (Wildman–Crippen LogP) is 4.97. The molecule has 158 valence electrons. The van der Waals surface area contributed by atoms with Crippen LogP contribution in [0.15, 0.2) is 48.5 Å². The number of halogens is 3. The van der Waals surface area contributed by atoms with Crippen molar-refractivity contribution in [2.75, 3.05) is 11.1 Å². The predicted molar refractivity (Wildman–Crippen MR) is 113 cm³/mol. The average molecular weight is 424 g/mol. The van der Waals surface area contributed by atoms with Gasteiger partial charge in [0.05, 0.1) is 22.3 Å². The molecule has 0 aliphatic heterocycles. The summed E-state index contributed by atoms with van der Waals surface area (Å²) in [6.07, 6.45) is -2.29. The highest BCUT2D eigenvalue weighted by Crippen LogP contribution is 2.35. The molecule has 0 atom stereocenters. The standard InChI is InChI=1S/C22H19F3N6/c1-12-3-2-4-13(11-12)18-17-19(26)31(16-9-5-14(6-10-16)22(23,24)25)30-20(17)29-21(28-18)27-15-7-8-15/h2-6,9-11,15H,7-8,26H2,1H3,(H,27,29,30). The van der Waals surface area contributed by atoms with Crippen LogP contribution in [0.2, 0.25) is 0 Å². The molecule has 0 saturated heterocycles. The van der Waals surface area contributed by atoms with Crippen molar-refractivity contribution < 1.29 is 13.2 Å². The Kier molecular flexibility index (Phi) is 4.35. The van der Waals surface area contributed by atoms with Crippen molar-refractivity contribution in [3.8, 4) is 16.9 Å². The van der Waals surface area contributed by atoms with Crippen molar-refractivity contribution in [2.24, 2.45) is 0 Å². The molecule has 2 aromatic heterocycles. The molecular formula is C22H19F3N6. The first-order chi connectivity index (χ1) is 14.8. The molecule has 31 heavy (non-hydrogen) atoms. The fraction of sp³-hybridized carbons (Fsp3) is 0.227. The maximum absolute atomic E-state index is 12.9. The second kappa shape index (κ2) is 6.97. The largest absolute Gasteiger partial charge is 0.416 e. The summed E-state index contributed by atoms with van der Waals surface area (Å²) in [4.78, 5) is 9.22. The number of aryl methyl sites for hydroxylation is 1. The van der Waals surface area contributed by atoms with Gasteiger partial charge < -0.3 is 11.1 Å². The molecule has 1 aliphatic carbocycles. The Morgan fingerprint density at radius 1 is 1.06 bits per heavy atom. The van der Waals surface area contributed by atoms with E-state index in [1.807, 2.05) is 31.2 Å². The van der Waals surface area contributed by atoms with Crippen LogP contribution in [0.1, 0.15) is 24.0 Å². The Morgan fingerprint density at radius 2 is 1.81 bits per heavy atom. The number of aromatic nitrogens is 4. The molecule has 0 unspecified atom stereocenters. The van der Waals surface area contributed by atoms with Gasteiger partial charge in [0.25, 0.3) is 0 Å². The lowest BCUT2D eigenvalue weighted by Gasteiger charge is -2.09. The minimum atomic E-state index is -4.41. The quantitative estimate of drug-likeness (QED) is 0.484. The van der Waals surface area contributed by atoms with Crippen LogP contribution < -0.4 is 11.1 Å². The molecule has 1 saturated carbocycles. The van der Waals surface area contributed by atoms with Gasteiger partial charge in [-0.05, 0) is 50.1 Å². The third-order valence-electron chi connectivity index (χ3n) is 5.21. The molecule has 0 amide bonds. The zero-order valence-corrected chi connectivity index (χ0v) is 16.6. The number of fused-ring (bicyclic) bond motifs is 1. The lowest BCUT2D eigenvalue weighted by atomic mass is 10.1. The zero-order chi connectivity index (χ0) is 21.8. The number of rotatable bonds is 4. The van der Waals surface area contributed by atoms with Gasteiger partial charge in [-0.3, -0.25) is 0 Å². The molecule has 1 fully saturated rings. The Bertz CT molecular complexity index is 1270. The number of alkyl halides is 3. The lowest BCUT2D eigenvalue weighted by Crippen LogP contribution is -2.06. The molecular weight excluding hydrogens is 405 g/mol. The topological polar surface area (TPSA) is 81.7 Å².